The van der Waals surface area contributed by atoms with Crippen LogP contribution >= 0.6 is 24.0 Å². The van der Waals surface area contributed by atoms with E-state index in [0.717, 1.165) is 36.1 Å². The Morgan fingerprint density at radius 3 is 2.67 bits per heavy atom. The predicted molar refractivity (Wildman–Crippen MR) is 119 cm³/mol. The van der Waals surface area contributed by atoms with Crippen LogP contribution in [0.4, 0.5) is 0 Å². The zero-order chi connectivity index (χ0) is 18.8. The number of methoxy groups -OCH3 is 1. The number of carbonyl (C=O) groups is 1. The number of guanidine groups is 1. The maximum atomic E-state index is 11.8. The molecule has 0 saturated heterocycles. The van der Waals surface area contributed by atoms with Gasteiger partial charge in [-0.05, 0) is 50.7 Å². The van der Waals surface area contributed by atoms with Gasteiger partial charge in [-0.3, -0.25) is 9.79 Å². The molecular weight excluding hydrogens is 457 g/mol. The van der Waals surface area contributed by atoms with E-state index in [2.05, 4.69) is 21.7 Å². The standard InChI is InChI=1S/C20H31N3O3.HI/c1-15-10-11-16(18(13-15)25-3)14-23-20(21-2)22-12-6-9-19(24)26-17-7-4-5-8-17;/h10-11,13,17H,4-9,12,14H2,1-3H3,(H2,21,22,23);1H. The second-order valence-electron chi connectivity index (χ2n) is 6.67. The molecule has 0 radical (unpaired) electrons. The van der Waals surface area contributed by atoms with Gasteiger partial charge in [0.05, 0.1) is 7.11 Å². The van der Waals surface area contributed by atoms with E-state index in [1.807, 2.05) is 19.1 Å². The molecule has 1 saturated carbocycles. The molecule has 0 unspecified atom stereocenters. The van der Waals surface area contributed by atoms with Crippen molar-refractivity contribution in [3.05, 3.63) is 29.3 Å². The predicted octanol–water partition coefficient (Wildman–Crippen LogP) is 3.55. The summed E-state index contributed by atoms with van der Waals surface area (Å²) < 4.78 is 10.9. The fourth-order valence-electron chi connectivity index (χ4n) is 3.09. The zero-order valence-electron chi connectivity index (χ0n) is 16.5. The van der Waals surface area contributed by atoms with E-state index in [1.54, 1.807) is 14.2 Å². The number of ether oxygens (including phenoxy) is 2. The minimum Gasteiger partial charge on any atom is -0.496 e. The molecule has 0 spiro atoms. The fourth-order valence-corrected chi connectivity index (χ4v) is 3.09. The van der Waals surface area contributed by atoms with Crippen molar-refractivity contribution in [1.82, 2.24) is 10.6 Å². The topological polar surface area (TPSA) is 72.0 Å². The first-order valence-corrected chi connectivity index (χ1v) is 9.40. The number of aryl methyl sites for hydroxylation is 1. The first-order valence-electron chi connectivity index (χ1n) is 9.40. The number of hydrogen-bond donors (Lipinski definition) is 2. The molecule has 0 atom stereocenters. The number of halogens is 1. The van der Waals surface area contributed by atoms with Crippen LogP contribution in [0.2, 0.25) is 0 Å². The zero-order valence-corrected chi connectivity index (χ0v) is 18.9. The highest BCUT2D eigenvalue weighted by Gasteiger charge is 2.18. The van der Waals surface area contributed by atoms with Gasteiger partial charge in [0.2, 0.25) is 0 Å². The summed E-state index contributed by atoms with van der Waals surface area (Å²) in [6.07, 6.45) is 5.69. The molecule has 1 aromatic carbocycles. The third-order valence-corrected chi connectivity index (χ3v) is 4.56. The average molecular weight is 489 g/mol. The summed E-state index contributed by atoms with van der Waals surface area (Å²) in [6.45, 7) is 3.33. The summed E-state index contributed by atoms with van der Waals surface area (Å²) >= 11 is 0. The summed E-state index contributed by atoms with van der Waals surface area (Å²) in [4.78, 5) is 16.0. The lowest BCUT2D eigenvalue weighted by molar-refractivity contribution is -0.148. The lowest BCUT2D eigenvalue weighted by Gasteiger charge is -2.14. The normalized spacial score (nSPS) is 14.4. The van der Waals surface area contributed by atoms with Gasteiger partial charge in [-0.2, -0.15) is 0 Å². The highest BCUT2D eigenvalue weighted by molar-refractivity contribution is 14.0. The Bertz CT molecular complexity index is 616. The summed E-state index contributed by atoms with van der Waals surface area (Å²) in [5.74, 6) is 1.48. The van der Waals surface area contributed by atoms with Crippen molar-refractivity contribution >= 4 is 35.9 Å². The molecule has 27 heavy (non-hydrogen) atoms. The van der Waals surface area contributed by atoms with E-state index in [1.165, 1.54) is 12.8 Å². The Hall–Kier alpha value is -1.51. The van der Waals surface area contributed by atoms with E-state index in [-0.39, 0.29) is 36.0 Å². The summed E-state index contributed by atoms with van der Waals surface area (Å²) in [7, 11) is 3.41. The lowest BCUT2D eigenvalue weighted by Crippen LogP contribution is -2.37. The lowest BCUT2D eigenvalue weighted by atomic mass is 10.1. The van der Waals surface area contributed by atoms with Crippen LogP contribution in [-0.4, -0.2) is 38.7 Å². The maximum absolute atomic E-state index is 11.8. The minimum absolute atomic E-state index is 0. The van der Waals surface area contributed by atoms with E-state index in [4.69, 9.17) is 9.47 Å². The van der Waals surface area contributed by atoms with Crippen LogP contribution in [0.1, 0.15) is 49.7 Å². The van der Waals surface area contributed by atoms with Crippen LogP contribution in [0.15, 0.2) is 23.2 Å². The van der Waals surface area contributed by atoms with E-state index < -0.39 is 0 Å². The van der Waals surface area contributed by atoms with Crippen LogP contribution in [0.25, 0.3) is 0 Å². The SMILES string of the molecule is CN=C(NCCCC(=O)OC1CCCC1)NCc1ccc(C)cc1OC.I. The molecule has 0 heterocycles. The molecule has 0 amide bonds. The summed E-state index contributed by atoms with van der Waals surface area (Å²) in [5.41, 5.74) is 2.23. The first kappa shape index (κ1) is 23.5. The van der Waals surface area contributed by atoms with Gasteiger partial charge in [0, 0.05) is 32.1 Å². The molecule has 6 nitrogen and oxygen atoms in total. The number of esters is 1. The summed E-state index contributed by atoms with van der Waals surface area (Å²) in [5, 5.41) is 6.50. The van der Waals surface area contributed by atoms with Crippen molar-refractivity contribution in [2.75, 3.05) is 20.7 Å². The van der Waals surface area contributed by atoms with Gasteiger partial charge in [-0.25, -0.2) is 0 Å². The second kappa shape index (κ2) is 12.8. The number of hydrogen-bond acceptors (Lipinski definition) is 4. The first-order chi connectivity index (χ1) is 12.6. The van der Waals surface area contributed by atoms with Crippen molar-refractivity contribution in [3.8, 4) is 5.75 Å². The Balaban J connectivity index is 0.00000364. The molecule has 0 bridgehead atoms. The molecule has 152 valence electrons. The largest absolute Gasteiger partial charge is 0.496 e. The molecule has 2 N–H and O–H groups in total. The highest BCUT2D eigenvalue weighted by atomic mass is 127. The number of benzene rings is 1. The number of nitrogens with one attached hydrogen (secondary N) is 2. The minimum atomic E-state index is -0.0916. The monoisotopic (exact) mass is 489 g/mol. The van der Waals surface area contributed by atoms with E-state index >= 15 is 0 Å². The van der Waals surface area contributed by atoms with Crippen LogP contribution in [0, 0.1) is 6.92 Å². The van der Waals surface area contributed by atoms with Crippen molar-refractivity contribution in [3.63, 3.8) is 0 Å². The van der Waals surface area contributed by atoms with Crippen molar-refractivity contribution in [2.24, 2.45) is 4.99 Å². The fraction of sp³-hybridized carbons (Fsp3) is 0.600. The average Bonchev–Trinajstić information content (AvgIpc) is 3.14. The smallest absolute Gasteiger partial charge is 0.306 e. The van der Waals surface area contributed by atoms with Gasteiger partial charge < -0.3 is 20.1 Å². The Labute approximate surface area is 179 Å². The van der Waals surface area contributed by atoms with Gasteiger partial charge in [-0.15, -0.1) is 24.0 Å². The van der Waals surface area contributed by atoms with Crippen molar-refractivity contribution < 1.29 is 14.3 Å². The molecular formula is C20H32IN3O3. The van der Waals surface area contributed by atoms with Gasteiger partial charge in [-0.1, -0.05) is 12.1 Å². The van der Waals surface area contributed by atoms with Crippen LogP contribution < -0.4 is 15.4 Å². The molecule has 2 rings (SSSR count). The Morgan fingerprint density at radius 2 is 2.00 bits per heavy atom. The molecule has 1 aromatic rings. The van der Waals surface area contributed by atoms with Crippen LogP contribution in [0.3, 0.4) is 0 Å². The molecule has 7 heteroatoms. The molecule has 1 aliphatic carbocycles. The number of rotatable bonds is 8. The third kappa shape index (κ3) is 8.36. The quantitative estimate of drug-likeness (QED) is 0.192. The van der Waals surface area contributed by atoms with Gasteiger partial charge in [0.25, 0.3) is 0 Å². The molecule has 1 aliphatic rings. The summed E-state index contributed by atoms with van der Waals surface area (Å²) in [6, 6.07) is 6.13. The Kier molecular flexibility index (Phi) is 11.2. The van der Waals surface area contributed by atoms with Gasteiger partial charge in [0.15, 0.2) is 5.96 Å². The van der Waals surface area contributed by atoms with Crippen LogP contribution in [0.5, 0.6) is 5.75 Å². The number of aliphatic imine (C=N–C) groups is 1. The molecule has 1 fully saturated rings. The number of carbonyl (C=O) groups excluding carboxylic acids is 1. The van der Waals surface area contributed by atoms with E-state index in [0.29, 0.717) is 25.5 Å². The van der Waals surface area contributed by atoms with Gasteiger partial charge in [0.1, 0.15) is 11.9 Å². The number of nitrogens with zero attached hydrogens (tertiary/aromatic N) is 1. The Morgan fingerprint density at radius 1 is 1.26 bits per heavy atom. The second-order valence-corrected chi connectivity index (χ2v) is 6.67. The molecule has 0 aliphatic heterocycles. The highest BCUT2D eigenvalue weighted by Crippen LogP contribution is 2.21. The van der Waals surface area contributed by atoms with E-state index in [9.17, 15) is 4.79 Å². The molecule has 0 aromatic heterocycles. The van der Waals surface area contributed by atoms with Crippen LogP contribution in [-0.2, 0) is 16.1 Å². The van der Waals surface area contributed by atoms with Crippen molar-refractivity contribution in [1.29, 1.82) is 0 Å². The van der Waals surface area contributed by atoms with Crippen molar-refractivity contribution in [2.45, 2.75) is 58.1 Å². The maximum Gasteiger partial charge on any atom is 0.306 e. The third-order valence-electron chi connectivity index (χ3n) is 4.56. The van der Waals surface area contributed by atoms with Gasteiger partial charge >= 0.3 is 5.97 Å².